The first-order valence-electron chi connectivity index (χ1n) is 23.7. The molecule has 3 aliphatic rings. The van der Waals surface area contributed by atoms with Gasteiger partial charge in [0.1, 0.15) is 0 Å². The predicted octanol–water partition coefficient (Wildman–Crippen LogP) is 11.7. The average molecular weight is 1230 g/mol. The third-order valence-corrected chi connectivity index (χ3v) is 15.7. The first-order chi connectivity index (χ1) is 34.2. The van der Waals surface area contributed by atoms with Crippen molar-refractivity contribution in [1.82, 2.24) is 28.7 Å². The normalized spacial score (nSPS) is 17.1. The quantitative estimate of drug-likeness (QED) is 0.125. The van der Waals surface area contributed by atoms with Crippen LogP contribution in [0.1, 0.15) is 16.7 Å². The third kappa shape index (κ3) is 11.9. The average Bonchev–Trinajstić information content (AvgIpc) is 4.02. The predicted molar refractivity (Wildman–Crippen MR) is 289 cm³/mol. The molecule has 6 aromatic carbocycles. The summed E-state index contributed by atoms with van der Waals surface area (Å²) in [4.78, 5) is 9.34. The summed E-state index contributed by atoms with van der Waals surface area (Å²) >= 11 is 14.4. The van der Waals surface area contributed by atoms with Crippen molar-refractivity contribution >= 4 is 107 Å². The topological polar surface area (TPSA) is 81.7 Å². The van der Waals surface area contributed by atoms with Crippen LogP contribution in [-0.2, 0) is 32.4 Å². The van der Waals surface area contributed by atoms with Crippen LogP contribution in [0.4, 0.5) is 13.2 Å². The van der Waals surface area contributed by atoms with Gasteiger partial charge in [-0.15, -0.1) is 0 Å². The number of rotatable bonds is 12. The van der Waals surface area contributed by atoms with Crippen LogP contribution >= 0.6 is 63.7 Å². The monoisotopic (exact) mass is 1220 g/mol. The summed E-state index contributed by atoms with van der Waals surface area (Å²) < 4.78 is 57.9. The van der Waals surface area contributed by atoms with Gasteiger partial charge in [0.2, 0.25) is 6.79 Å². The molecule has 0 amide bonds. The standard InChI is InChI=1S/C27H26Br2F3N3O.C27H27Br2N3O3/c28-20-5-7-25-23(13-20)24-14-21(29)6-8-26(24)35(25)17-22(36)16-34-11-9-33(10-12-34)15-18-1-3-19(4-2-18)27(30,31)32;28-19-2-4-24-22(12-19)23-13-20(29)3-5-25(23)32(24)16-21(33)15-31-9-7-30(8-10-31)14-18-1-6-26-27(11-18)35-17-34-26/h1-8,13-14,22,36H,9-12,15-17H2;1-6,11-13,21,33H,7-10,14-17H2. The second-order valence-electron chi connectivity index (χ2n) is 18.7. The lowest BCUT2D eigenvalue weighted by molar-refractivity contribution is -0.137. The molecular formula is C54H53Br4F3N6O4. The summed E-state index contributed by atoms with van der Waals surface area (Å²) in [6, 6.07) is 36.8. The fraction of sp³-hybridized carbons (Fsp3) is 0.333. The molecule has 17 heteroatoms. The Morgan fingerprint density at radius 1 is 0.437 bits per heavy atom. The van der Waals surface area contributed by atoms with Gasteiger partial charge in [0.25, 0.3) is 0 Å². The minimum Gasteiger partial charge on any atom is -0.454 e. The summed E-state index contributed by atoms with van der Waals surface area (Å²) in [5, 5.41) is 26.8. The zero-order valence-electron chi connectivity index (χ0n) is 38.8. The zero-order valence-corrected chi connectivity index (χ0v) is 45.1. The van der Waals surface area contributed by atoms with Crippen LogP contribution in [0.2, 0.25) is 0 Å². The molecule has 0 radical (unpaired) electrons. The van der Waals surface area contributed by atoms with Gasteiger partial charge in [-0.1, -0.05) is 81.9 Å². The molecule has 2 unspecified atom stereocenters. The highest BCUT2D eigenvalue weighted by molar-refractivity contribution is 9.11. The molecule has 11 rings (SSSR count). The van der Waals surface area contributed by atoms with E-state index in [9.17, 15) is 23.4 Å². The Morgan fingerprint density at radius 2 is 0.803 bits per heavy atom. The van der Waals surface area contributed by atoms with E-state index in [1.54, 1.807) is 12.1 Å². The van der Waals surface area contributed by atoms with Crippen molar-refractivity contribution in [1.29, 1.82) is 0 Å². The highest BCUT2D eigenvalue weighted by Gasteiger charge is 2.30. The number of aliphatic hydroxyl groups excluding tert-OH is 2. The number of ether oxygens (including phenoxy) is 2. The summed E-state index contributed by atoms with van der Waals surface area (Å²) in [6.07, 6.45) is -5.28. The number of hydrogen-bond donors (Lipinski definition) is 2. The molecule has 71 heavy (non-hydrogen) atoms. The van der Waals surface area contributed by atoms with Gasteiger partial charge in [-0.25, -0.2) is 0 Å². The molecule has 0 aliphatic carbocycles. The highest BCUT2D eigenvalue weighted by atomic mass is 79.9. The summed E-state index contributed by atoms with van der Waals surface area (Å²) in [7, 11) is 0. The van der Waals surface area contributed by atoms with Crippen LogP contribution in [0, 0.1) is 0 Å². The third-order valence-electron chi connectivity index (χ3n) is 13.8. The lowest BCUT2D eigenvalue weighted by atomic mass is 10.1. The summed E-state index contributed by atoms with van der Waals surface area (Å²) in [5.41, 5.74) is 5.98. The smallest absolute Gasteiger partial charge is 0.416 e. The van der Waals surface area contributed by atoms with Crippen LogP contribution in [0.15, 0.2) is 133 Å². The number of β-amino-alcohol motifs (C(OH)–C–C–N with tert-alkyl or cyclic N) is 2. The molecule has 2 saturated heterocycles. The van der Waals surface area contributed by atoms with Crippen LogP contribution in [0.25, 0.3) is 43.6 Å². The molecule has 2 fully saturated rings. The maximum absolute atomic E-state index is 12.8. The summed E-state index contributed by atoms with van der Waals surface area (Å²) in [6.45, 7) is 11.3. The lowest BCUT2D eigenvalue weighted by Gasteiger charge is -2.35. The Hall–Kier alpha value is -4.01. The van der Waals surface area contributed by atoms with Gasteiger partial charge in [-0.2, -0.15) is 13.2 Å². The van der Waals surface area contributed by atoms with Crippen LogP contribution in [0.3, 0.4) is 0 Å². The van der Waals surface area contributed by atoms with Crippen molar-refractivity contribution in [3.8, 4) is 11.5 Å². The van der Waals surface area contributed by atoms with Crippen molar-refractivity contribution in [2.45, 2.75) is 44.6 Å². The van der Waals surface area contributed by atoms with Crippen LogP contribution in [-0.4, -0.2) is 123 Å². The Bertz CT molecular complexity index is 3050. The van der Waals surface area contributed by atoms with E-state index >= 15 is 0 Å². The van der Waals surface area contributed by atoms with Gasteiger partial charge in [-0.3, -0.25) is 19.6 Å². The van der Waals surface area contributed by atoms with E-state index in [-0.39, 0.29) is 0 Å². The van der Waals surface area contributed by atoms with Gasteiger partial charge in [-0.05, 0) is 108 Å². The van der Waals surface area contributed by atoms with E-state index < -0.39 is 23.9 Å². The maximum Gasteiger partial charge on any atom is 0.416 e. The lowest BCUT2D eigenvalue weighted by Crippen LogP contribution is -2.48. The molecule has 2 aromatic heterocycles. The van der Waals surface area contributed by atoms with Gasteiger partial charge >= 0.3 is 6.18 Å². The number of hydrogen-bond acceptors (Lipinski definition) is 8. The molecular weight excluding hydrogens is 1170 g/mol. The SMILES string of the molecule is OC(CN1CCN(Cc2ccc(C(F)(F)F)cc2)CC1)Cn1c2ccc(Br)cc2c2cc(Br)ccc21.OC(CN1CCN(Cc2ccc3c(c2)OCO3)CC1)Cn1c2ccc(Br)cc2c2cc(Br)ccc21. The molecule has 5 heterocycles. The van der Waals surface area contributed by atoms with E-state index in [2.05, 4.69) is 165 Å². The second-order valence-corrected chi connectivity index (χ2v) is 22.4. The Morgan fingerprint density at radius 3 is 1.21 bits per heavy atom. The largest absolute Gasteiger partial charge is 0.454 e. The van der Waals surface area contributed by atoms with Crippen molar-refractivity contribution in [2.75, 3.05) is 72.2 Å². The van der Waals surface area contributed by atoms with Gasteiger partial charge in [0.05, 0.1) is 30.9 Å². The van der Waals surface area contributed by atoms with E-state index in [1.165, 1.54) is 16.3 Å². The molecule has 372 valence electrons. The first kappa shape index (κ1) is 50.5. The molecule has 8 aromatic rings. The van der Waals surface area contributed by atoms with Gasteiger partial charge in [0.15, 0.2) is 11.5 Å². The Kier molecular flexibility index (Phi) is 15.5. The number of fused-ring (bicyclic) bond motifs is 7. The van der Waals surface area contributed by atoms with Crippen LogP contribution in [0.5, 0.6) is 11.5 Å². The molecule has 2 N–H and O–H groups in total. The number of halogens is 7. The number of aliphatic hydroxyl groups is 2. The fourth-order valence-corrected chi connectivity index (χ4v) is 11.7. The van der Waals surface area contributed by atoms with E-state index in [0.717, 1.165) is 139 Å². The zero-order chi connectivity index (χ0) is 49.4. The van der Waals surface area contributed by atoms with Gasteiger partial charge < -0.3 is 28.8 Å². The second kappa shape index (κ2) is 21.8. The summed E-state index contributed by atoms with van der Waals surface area (Å²) in [5.74, 6) is 1.67. The van der Waals surface area contributed by atoms with Gasteiger partial charge in [0, 0.05) is 140 Å². The fourth-order valence-electron chi connectivity index (χ4n) is 10.2. The molecule has 3 aliphatic heterocycles. The van der Waals surface area contributed by atoms with E-state index in [1.807, 2.05) is 18.2 Å². The molecule has 0 saturated carbocycles. The molecule has 10 nitrogen and oxygen atoms in total. The molecule has 0 spiro atoms. The number of aromatic nitrogens is 2. The first-order valence-corrected chi connectivity index (χ1v) is 26.9. The Labute approximate surface area is 444 Å². The van der Waals surface area contributed by atoms with E-state index in [4.69, 9.17) is 9.47 Å². The Balaban J connectivity index is 0.000000164. The number of nitrogens with zero attached hydrogens (tertiary/aromatic N) is 6. The maximum atomic E-state index is 12.8. The highest BCUT2D eigenvalue weighted by Crippen LogP contribution is 2.36. The number of piperazine rings is 2. The molecule has 0 bridgehead atoms. The van der Waals surface area contributed by atoms with Crippen molar-refractivity contribution in [3.05, 3.63) is 150 Å². The minimum atomic E-state index is -4.31. The molecule has 2 atom stereocenters. The van der Waals surface area contributed by atoms with Crippen molar-refractivity contribution in [2.24, 2.45) is 0 Å². The van der Waals surface area contributed by atoms with Crippen LogP contribution < -0.4 is 9.47 Å². The number of benzene rings is 6. The van der Waals surface area contributed by atoms with E-state index in [0.29, 0.717) is 39.5 Å². The number of alkyl halides is 3. The minimum absolute atomic E-state index is 0.309. The van der Waals surface area contributed by atoms with Crippen molar-refractivity contribution in [3.63, 3.8) is 0 Å². The van der Waals surface area contributed by atoms with Crippen molar-refractivity contribution < 1.29 is 32.9 Å².